The Hall–Kier alpha value is -1.26. The Balaban J connectivity index is 1.99. The third-order valence-corrected chi connectivity index (χ3v) is 4.61. The van der Waals surface area contributed by atoms with E-state index in [0.29, 0.717) is 6.61 Å². The lowest BCUT2D eigenvalue weighted by molar-refractivity contribution is 0.301. The molecule has 0 fully saturated rings. The van der Waals surface area contributed by atoms with Crippen LogP contribution in [0.5, 0.6) is 5.75 Å². The van der Waals surface area contributed by atoms with E-state index in [1.54, 1.807) is 6.26 Å². The predicted octanol–water partition coefficient (Wildman–Crippen LogP) is 4.74. The summed E-state index contributed by atoms with van der Waals surface area (Å²) in [5, 5.41) is 3.35. The number of benzene rings is 1. The maximum atomic E-state index is 5.91. The zero-order chi connectivity index (χ0) is 15.2. The van der Waals surface area contributed by atoms with Gasteiger partial charge < -0.3 is 14.5 Å². The van der Waals surface area contributed by atoms with Crippen LogP contribution >= 0.6 is 15.9 Å². The monoisotopic (exact) mass is 351 g/mol. The minimum atomic E-state index is 0.528. The van der Waals surface area contributed by atoms with E-state index in [-0.39, 0.29) is 0 Å². The molecule has 0 radical (unpaired) electrons. The summed E-state index contributed by atoms with van der Waals surface area (Å²) in [7, 11) is 0. The summed E-state index contributed by atoms with van der Waals surface area (Å²) in [4.78, 5) is 0. The molecule has 3 nitrogen and oxygen atoms in total. The van der Waals surface area contributed by atoms with Gasteiger partial charge >= 0.3 is 0 Å². The van der Waals surface area contributed by atoms with Gasteiger partial charge in [-0.15, -0.1) is 0 Å². The molecule has 0 unspecified atom stereocenters. The average molecular weight is 352 g/mol. The fraction of sp³-hybridized carbons (Fsp3) is 0.412. The molecule has 0 aliphatic heterocycles. The first-order chi connectivity index (χ1) is 10.1. The lowest BCUT2D eigenvalue weighted by Crippen LogP contribution is -2.14. The summed E-state index contributed by atoms with van der Waals surface area (Å²) < 4.78 is 12.6. The number of ether oxygens (including phenoxy) is 1. The molecule has 1 aromatic heterocycles. The van der Waals surface area contributed by atoms with E-state index in [4.69, 9.17) is 9.15 Å². The number of hydrogen-bond acceptors (Lipinski definition) is 3. The summed E-state index contributed by atoms with van der Waals surface area (Å²) in [5.74, 6) is 1.84. The fourth-order valence-corrected chi connectivity index (χ4v) is 2.41. The molecule has 0 saturated heterocycles. The molecule has 1 heterocycles. The Morgan fingerprint density at radius 1 is 1.24 bits per heavy atom. The molecule has 114 valence electrons. The molecule has 0 aliphatic rings. The van der Waals surface area contributed by atoms with Gasteiger partial charge in [0.2, 0.25) is 0 Å². The highest BCUT2D eigenvalue weighted by Crippen LogP contribution is 2.27. The first kappa shape index (κ1) is 16.1. The number of hydrogen-bond donors (Lipinski definition) is 1. The standard InChI is InChI=1S/C17H22BrNO2/c1-4-6-19-10-16-14(5-7-20-16)11-21-15-8-12(2)17(18)13(3)9-15/h5,7-9,19H,4,6,10-11H2,1-3H3. The van der Waals surface area contributed by atoms with Crippen molar-refractivity contribution in [2.24, 2.45) is 0 Å². The summed E-state index contributed by atoms with van der Waals surface area (Å²) in [6.45, 7) is 8.56. The van der Waals surface area contributed by atoms with Gasteiger partial charge in [-0.25, -0.2) is 0 Å². The summed E-state index contributed by atoms with van der Waals surface area (Å²) in [5.41, 5.74) is 3.46. The average Bonchev–Trinajstić information content (AvgIpc) is 2.90. The first-order valence-electron chi connectivity index (χ1n) is 7.27. The first-order valence-corrected chi connectivity index (χ1v) is 8.06. The minimum Gasteiger partial charge on any atom is -0.489 e. The molecule has 2 aromatic rings. The van der Waals surface area contributed by atoms with Crippen LogP contribution in [0.4, 0.5) is 0 Å². The Kier molecular flexibility index (Phi) is 5.88. The molecule has 21 heavy (non-hydrogen) atoms. The van der Waals surface area contributed by atoms with Gasteiger partial charge in [-0.3, -0.25) is 0 Å². The van der Waals surface area contributed by atoms with Crippen molar-refractivity contribution in [3.63, 3.8) is 0 Å². The van der Waals surface area contributed by atoms with Crippen molar-refractivity contribution in [2.75, 3.05) is 6.54 Å². The van der Waals surface area contributed by atoms with Gasteiger partial charge in [0.05, 0.1) is 12.8 Å². The Morgan fingerprint density at radius 3 is 2.62 bits per heavy atom. The third-order valence-electron chi connectivity index (χ3n) is 3.35. The Morgan fingerprint density at radius 2 is 1.95 bits per heavy atom. The van der Waals surface area contributed by atoms with E-state index in [0.717, 1.165) is 41.1 Å². The molecular formula is C17H22BrNO2. The van der Waals surface area contributed by atoms with Gasteiger partial charge in [0.1, 0.15) is 18.1 Å². The van der Waals surface area contributed by atoms with E-state index >= 15 is 0 Å². The van der Waals surface area contributed by atoms with Crippen molar-refractivity contribution in [3.05, 3.63) is 51.4 Å². The molecule has 1 aromatic carbocycles. The van der Waals surface area contributed by atoms with Gasteiger partial charge in [0.15, 0.2) is 0 Å². The van der Waals surface area contributed by atoms with Crippen molar-refractivity contribution in [1.82, 2.24) is 5.32 Å². The zero-order valence-corrected chi connectivity index (χ0v) is 14.4. The molecule has 0 spiro atoms. The van der Waals surface area contributed by atoms with Crippen LogP contribution in [0.15, 0.2) is 33.4 Å². The topological polar surface area (TPSA) is 34.4 Å². The van der Waals surface area contributed by atoms with Crippen molar-refractivity contribution in [2.45, 2.75) is 40.3 Å². The molecule has 1 N–H and O–H groups in total. The second kappa shape index (κ2) is 7.66. The van der Waals surface area contributed by atoms with Crippen LogP contribution in [-0.4, -0.2) is 6.54 Å². The van der Waals surface area contributed by atoms with Crippen LogP contribution in [0, 0.1) is 13.8 Å². The third kappa shape index (κ3) is 4.35. The molecule has 0 saturated carbocycles. The SMILES string of the molecule is CCCNCc1occc1COc1cc(C)c(Br)c(C)c1. The maximum absolute atomic E-state index is 5.91. The molecular weight excluding hydrogens is 330 g/mol. The number of furan rings is 1. The Labute approximate surface area is 134 Å². The van der Waals surface area contributed by atoms with Crippen LogP contribution in [0.2, 0.25) is 0 Å². The van der Waals surface area contributed by atoms with E-state index in [1.165, 1.54) is 11.1 Å². The molecule has 0 atom stereocenters. The van der Waals surface area contributed by atoms with Crippen molar-refractivity contribution in [1.29, 1.82) is 0 Å². The molecule has 0 amide bonds. The predicted molar refractivity (Wildman–Crippen MR) is 88.7 cm³/mol. The number of aryl methyl sites for hydroxylation is 2. The van der Waals surface area contributed by atoms with Crippen molar-refractivity contribution >= 4 is 15.9 Å². The highest BCUT2D eigenvalue weighted by Gasteiger charge is 2.08. The number of halogens is 1. The molecule has 0 aliphatic carbocycles. The largest absolute Gasteiger partial charge is 0.489 e. The number of nitrogens with one attached hydrogen (secondary N) is 1. The van der Waals surface area contributed by atoms with Crippen LogP contribution in [0.3, 0.4) is 0 Å². The second-order valence-electron chi connectivity index (χ2n) is 5.21. The van der Waals surface area contributed by atoms with Crippen molar-refractivity contribution < 1.29 is 9.15 Å². The van der Waals surface area contributed by atoms with Crippen LogP contribution < -0.4 is 10.1 Å². The lowest BCUT2D eigenvalue weighted by Gasteiger charge is -2.10. The van der Waals surface area contributed by atoms with Crippen molar-refractivity contribution in [3.8, 4) is 5.75 Å². The van der Waals surface area contributed by atoms with Gasteiger partial charge in [0.25, 0.3) is 0 Å². The smallest absolute Gasteiger partial charge is 0.124 e. The zero-order valence-electron chi connectivity index (χ0n) is 12.8. The van der Waals surface area contributed by atoms with Gasteiger partial charge in [-0.2, -0.15) is 0 Å². The second-order valence-corrected chi connectivity index (χ2v) is 6.00. The van der Waals surface area contributed by atoms with E-state index in [1.807, 2.05) is 18.2 Å². The quantitative estimate of drug-likeness (QED) is 0.731. The lowest BCUT2D eigenvalue weighted by atomic mass is 10.1. The highest BCUT2D eigenvalue weighted by atomic mass is 79.9. The summed E-state index contributed by atoms with van der Waals surface area (Å²) in [6, 6.07) is 6.07. The van der Waals surface area contributed by atoms with Gasteiger partial charge in [-0.05, 0) is 56.1 Å². The number of rotatable bonds is 7. The Bertz CT molecular complexity index is 569. The fourth-order valence-electron chi connectivity index (χ4n) is 2.18. The summed E-state index contributed by atoms with van der Waals surface area (Å²) in [6.07, 6.45) is 2.84. The van der Waals surface area contributed by atoms with Crippen LogP contribution in [0.1, 0.15) is 35.8 Å². The molecule has 2 rings (SSSR count). The molecule has 0 bridgehead atoms. The van der Waals surface area contributed by atoms with Crippen LogP contribution in [-0.2, 0) is 13.2 Å². The van der Waals surface area contributed by atoms with E-state index in [2.05, 4.69) is 42.0 Å². The highest BCUT2D eigenvalue weighted by molar-refractivity contribution is 9.10. The minimum absolute atomic E-state index is 0.528. The molecule has 4 heteroatoms. The van der Waals surface area contributed by atoms with E-state index in [9.17, 15) is 0 Å². The maximum Gasteiger partial charge on any atom is 0.124 e. The van der Waals surface area contributed by atoms with E-state index < -0.39 is 0 Å². The van der Waals surface area contributed by atoms with Gasteiger partial charge in [-0.1, -0.05) is 22.9 Å². The summed E-state index contributed by atoms with van der Waals surface area (Å²) >= 11 is 3.57. The van der Waals surface area contributed by atoms with Gasteiger partial charge in [0, 0.05) is 10.0 Å². The normalized spacial score (nSPS) is 10.9. The van der Waals surface area contributed by atoms with Crippen LogP contribution in [0.25, 0.3) is 0 Å².